The summed E-state index contributed by atoms with van der Waals surface area (Å²) in [4.78, 5) is 22.6. The van der Waals surface area contributed by atoms with Crippen molar-refractivity contribution in [1.82, 2.24) is 0 Å². The molecule has 0 radical (unpaired) electrons. The van der Waals surface area contributed by atoms with Crippen LogP contribution in [-0.4, -0.2) is 36.3 Å². The molecule has 0 aromatic rings. The minimum absolute atomic E-state index is 0.273. The van der Waals surface area contributed by atoms with E-state index in [4.69, 9.17) is 4.74 Å². The van der Waals surface area contributed by atoms with E-state index in [2.05, 4.69) is 4.74 Å². The maximum absolute atomic E-state index is 11.5. The number of nitrogens with zero attached hydrogens (tertiary/aromatic N) is 1. The molecule has 0 aromatic heterocycles. The van der Waals surface area contributed by atoms with Crippen LogP contribution >= 0.6 is 0 Å². The SMILES string of the molecule is COC(=O)/C=C1/CCO[C@H]2CCCC[C@@]12[N+](=O)[O-]. The highest BCUT2D eigenvalue weighted by Gasteiger charge is 2.57. The smallest absolute Gasteiger partial charge is 0.330 e. The van der Waals surface area contributed by atoms with Gasteiger partial charge in [-0.2, -0.15) is 0 Å². The molecule has 2 fully saturated rings. The summed E-state index contributed by atoms with van der Waals surface area (Å²) in [6.07, 6.45) is 4.14. The van der Waals surface area contributed by atoms with Gasteiger partial charge in [0, 0.05) is 23.0 Å². The van der Waals surface area contributed by atoms with Gasteiger partial charge in [0.2, 0.25) is 0 Å². The van der Waals surface area contributed by atoms with E-state index >= 15 is 0 Å². The fourth-order valence-electron chi connectivity index (χ4n) is 2.96. The number of methoxy groups -OCH3 is 1. The predicted octanol–water partition coefficient (Wildman–Crippen LogP) is 1.46. The lowest BCUT2D eigenvalue weighted by Crippen LogP contribution is -2.56. The summed E-state index contributed by atoms with van der Waals surface area (Å²) in [5, 5.41) is 11.5. The molecule has 18 heavy (non-hydrogen) atoms. The van der Waals surface area contributed by atoms with Crippen molar-refractivity contribution >= 4 is 5.97 Å². The molecule has 1 heterocycles. The van der Waals surface area contributed by atoms with Crippen LogP contribution in [0.3, 0.4) is 0 Å². The fraction of sp³-hybridized carbons (Fsp3) is 0.750. The molecule has 6 nitrogen and oxygen atoms in total. The Balaban J connectivity index is 2.40. The fourth-order valence-corrected chi connectivity index (χ4v) is 2.96. The molecular weight excluding hydrogens is 238 g/mol. The molecule has 2 atom stereocenters. The Labute approximate surface area is 105 Å². The van der Waals surface area contributed by atoms with Crippen LogP contribution in [0, 0.1) is 10.1 Å². The Morgan fingerprint density at radius 2 is 2.39 bits per heavy atom. The second kappa shape index (κ2) is 5.06. The number of hydrogen-bond acceptors (Lipinski definition) is 5. The van der Waals surface area contributed by atoms with Crippen molar-refractivity contribution in [1.29, 1.82) is 0 Å². The number of fused-ring (bicyclic) bond motifs is 1. The van der Waals surface area contributed by atoms with Gasteiger partial charge < -0.3 is 9.47 Å². The highest BCUT2D eigenvalue weighted by atomic mass is 16.6. The predicted molar refractivity (Wildman–Crippen MR) is 62.6 cm³/mol. The van der Waals surface area contributed by atoms with Crippen LogP contribution in [0.1, 0.15) is 32.1 Å². The van der Waals surface area contributed by atoms with Crippen LogP contribution in [0.5, 0.6) is 0 Å². The average Bonchev–Trinajstić information content (AvgIpc) is 2.38. The maximum atomic E-state index is 11.5. The van der Waals surface area contributed by atoms with E-state index in [0.717, 1.165) is 12.8 Å². The van der Waals surface area contributed by atoms with Gasteiger partial charge in [-0.1, -0.05) is 6.42 Å². The number of carbonyl (C=O) groups excluding carboxylic acids is 1. The Bertz CT molecular complexity index is 390. The van der Waals surface area contributed by atoms with Crippen LogP contribution < -0.4 is 0 Å². The summed E-state index contributed by atoms with van der Waals surface area (Å²) < 4.78 is 10.1. The summed E-state index contributed by atoms with van der Waals surface area (Å²) >= 11 is 0. The Morgan fingerprint density at radius 3 is 3.06 bits per heavy atom. The minimum Gasteiger partial charge on any atom is -0.466 e. The third kappa shape index (κ3) is 2.01. The van der Waals surface area contributed by atoms with Crippen LogP contribution in [0.25, 0.3) is 0 Å². The number of esters is 1. The van der Waals surface area contributed by atoms with Crippen LogP contribution in [0.4, 0.5) is 0 Å². The molecule has 6 heteroatoms. The molecule has 1 aliphatic heterocycles. The molecule has 2 aliphatic rings. The van der Waals surface area contributed by atoms with E-state index in [0.29, 0.717) is 31.4 Å². The molecule has 0 unspecified atom stereocenters. The van der Waals surface area contributed by atoms with Gasteiger partial charge in [-0.25, -0.2) is 4.79 Å². The first kappa shape index (κ1) is 13.0. The van der Waals surface area contributed by atoms with Gasteiger partial charge in [0.15, 0.2) is 0 Å². The number of carbonyl (C=O) groups is 1. The molecule has 1 aliphatic carbocycles. The summed E-state index contributed by atoms with van der Waals surface area (Å²) in [5.74, 6) is -0.530. The van der Waals surface area contributed by atoms with Crippen molar-refractivity contribution in [2.24, 2.45) is 0 Å². The van der Waals surface area contributed by atoms with Crippen molar-refractivity contribution in [3.63, 3.8) is 0 Å². The van der Waals surface area contributed by atoms with Gasteiger partial charge in [0.25, 0.3) is 5.54 Å². The van der Waals surface area contributed by atoms with E-state index in [1.165, 1.54) is 13.2 Å². The lowest BCUT2D eigenvalue weighted by atomic mass is 9.72. The Morgan fingerprint density at radius 1 is 1.61 bits per heavy atom. The summed E-state index contributed by atoms with van der Waals surface area (Å²) in [6, 6.07) is 0. The van der Waals surface area contributed by atoms with Crippen molar-refractivity contribution in [2.75, 3.05) is 13.7 Å². The Hall–Kier alpha value is -1.43. The van der Waals surface area contributed by atoms with Gasteiger partial charge in [-0.15, -0.1) is 0 Å². The van der Waals surface area contributed by atoms with Gasteiger partial charge in [-0.3, -0.25) is 10.1 Å². The molecule has 100 valence electrons. The van der Waals surface area contributed by atoms with E-state index in [-0.39, 0.29) is 4.92 Å². The van der Waals surface area contributed by atoms with E-state index in [1.807, 2.05) is 0 Å². The summed E-state index contributed by atoms with van der Waals surface area (Å²) in [7, 11) is 1.27. The zero-order valence-electron chi connectivity index (χ0n) is 10.4. The molecule has 0 bridgehead atoms. The molecule has 0 spiro atoms. The van der Waals surface area contributed by atoms with Gasteiger partial charge in [-0.05, 0) is 19.3 Å². The van der Waals surface area contributed by atoms with Crippen molar-refractivity contribution in [2.45, 2.75) is 43.7 Å². The van der Waals surface area contributed by atoms with Crippen LogP contribution in [-0.2, 0) is 14.3 Å². The van der Waals surface area contributed by atoms with Gasteiger partial charge >= 0.3 is 5.97 Å². The molecule has 0 N–H and O–H groups in total. The van der Waals surface area contributed by atoms with Gasteiger partial charge in [0.05, 0.1) is 13.7 Å². The first-order valence-corrected chi connectivity index (χ1v) is 6.16. The lowest BCUT2D eigenvalue weighted by molar-refractivity contribution is -0.579. The molecule has 1 saturated carbocycles. The van der Waals surface area contributed by atoms with Crippen molar-refractivity contribution in [3.8, 4) is 0 Å². The normalized spacial score (nSPS) is 33.8. The minimum atomic E-state index is -1.22. The third-order valence-corrected chi connectivity index (χ3v) is 3.87. The first-order chi connectivity index (χ1) is 8.61. The molecule has 1 saturated heterocycles. The highest BCUT2D eigenvalue weighted by molar-refractivity contribution is 5.83. The monoisotopic (exact) mass is 255 g/mol. The number of ether oxygens (including phenoxy) is 2. The zero-order chi connectivity index (χ0) is 13.2. The molecule has 0 aromatic carbocycles. The second-order valence-corrected chi connectivity index (χ2v) is 4.73. The summed E-state index contributed by atoms with van der Waals surface area (Å²) in [6.45, 7) is 0.434. The van der Waals surface area contributed by atoms with Crippen molar-refractivity contribution in [3.05, 3.63) is 21.8 Å². The van der Waals surface area contributed by atoms with E-state index < -0.39 is 17.6 Å². The number of hydrogen-bond donors (Lipinski definition) is 0. The first-order valence-electron chi connectivity index (χ1n) is 6.16. The van der Waals surface area contributed by atoms with Crippen LogP contribution in [0.2, 0.25) is 0 Å². The third-order valence-electron chi connectivity index (χ3n) is 3.87. The molecule has 2 rings (SSSR count). The lowest BCUT2D eigenvalue weighted by Gasteiger charge is -2.41. The Kier molecular flexibility index (Phi) is 3.65. The standard InChI is InChI=1S/C12H17NO5/c1-17-11(14)8-9-5-7-18-10-4-2-3-6-12(9,10)13(15)16/h8,10H,2-7H2,1H3/b9-8-/t10-,12+/m0/s1. The number of nitro groups is 1. The average molecular weight is 255 g/mol. The van der Waals surface area contributed by atoms with Crippen molar-refractivity contribution < 1.29 is 19.2 Å². The van der Waals surface area contributed by atoms with E-state index in [9.17, 15) is 14.9 Å². The maximum Gasteiger partial charge on any atom is 0.330 e. The molecule has 0 amide bonds. The quantitative estimate of drug-likeness (QED) is 0.323. The van der Waals surface area contributed by atoms with Crippen LogP contribution in [0.15, 0.2) is 11.6 Å². The zero-order valence-corrected chi connectivity index (χ0v) is 10.4. The van der Waals surface area contributed by atoms with Gasteiger partial charge in [0.1, 0.15) is 6.10 Å². The highest BCUT2D eigenvalue weighted by Crippen LogP contribution is 2.43. The topological polar surface area (TPSA) is 78.7 Å². The largest absolute Gasteiger partial charge is 0.466 e. The second-order valence-electron chi connectivity index (χ2n) is 4.73. The molecular formula is C12H17NO5. The number of rotatable bonds is 2. The summed E-state index contributed by atoms with van der Waals surface area (Å²) in [5.41, 5.74) is -0.666. The van der Waals surface area contributed by atoms with E-state index in [1.54, 1.807) is 0 Å².